The Labute approximate surface area is 98.2 Å². The van der Waals surface area contributed by atoms with E-state index < -0.39 is 10.0 Å². The molecule has 0 bridgehead atoms. The Morgan fingerprint density at radius 2 is 2.00 bits per heavy atom. The number of ether oxygens (including phenoxy) is 1. The zero-order valence-electron chi connectivity index (χ0n) is 9.94. The molecule has 0 atom stereocenters. The van der Waals surface area contributed by atoms with E-state index in [4.69, 9.17) is 4.74 Å². The fraction of sp³-hybridized carbons (Fsp3) is 1.00. The lowest BCUT2D eigenvalue weighted by atomic mass is 10.4. The maximum absolute atomic E-state index is 11.5. The van der Waals surface area contributed by atoms with Crippen molar-refractivity contribution >= 4 is 10.0 Å². The van der Waals surface area contributed by atoms with E-state index in [1.807, 2.05) is 6.92 Å². The number of sulfonamides is 1. The second kappa shape index (κ2) is 7.21. The van der Waals surface area contributed by atoms with Gasteiger partial charge in [0.05, 0.1) is 19.0 Å². The van der Waals surface area contributed by atoms with E-state index in [0.717, 1.165) is 45.7 Å². The highest BCUT2D eigenvalue weighted by atomic mass is 32.2. The average Bonchev–Trinajstić information content (AvgIpc) is 2.28. The van der Waals surface area contributed by atoms with Gasteiger partial charge < -0.3 is 4.74 Å². The smallest absolute Gasteiger partial charge is 0.211 e. The first-order chi connectivity index (χ1) is 7.64. The second-order valence-corrected chi connectivity index (χ2v) is 5.95. The molecule has 6 heteroatoms. The maximum atomic E-state index is 11.5. The number of unbranched alkanes of at least 4 members (excludes halogenated alkanes) is 1. The molecule has 1 N–H and O–H groups in total. The van der Waals surface area contributed by atoms with Crippen molar-refractivity contribution < 1.29 is 13.2 Å². The molecule has 0 aromatic heterocycles. The Morgan fingerprint density at radius 1 is 1.31 bits per heavy atom. The number of hydrogen-bond donors (Lipinski definition) is 1. The van der Waals surface area contributed by atoms with Crippen LogP contribution in [0.25, 0.3) is 0 Å². The molecule has 1 rings (SSSR count). The minimum Gasteiger partial charge on any atom is -0.379 e. The monoisotopic (exact) mass is 250 g/mol. The molecule has 5 nitrogen and oxygen atoms in total. The third kappa shape index (κ3) is 5.79. The van der Waals surface area contributed by atoms with Gasteiger partial charge in [0.15, 0.2) is 0 Å². The highest BCUT2D eigenvalue weighted by molar-refractivity contribution is 7.89. The standard InChI is InChI=1S/C10H22N2O3S/c1-2-3-10-16(13,14)11-4-5-12-6-8-15-9-7-12/h11H,2-10H2,1H3. The van der Waals surface area contributed by atoms with Gasteiger partial charge in [-0.25, -0.2) is 13.1 Å². The lowest BCUT2D eigenvalue weighted by molar-refractivity contribution is 0.0390. The van der Waals surface area contributed by atoms with Crippen LogP contribution in [0.3, 0.4) is 0 Å². The van der Waals surface area contributed by atoms with Crippen molar-refractivity contribution in [2.24, 2.45) is 0 Å². The third-order valence-corrected chi connectivity index (χ3v) is 4.09. The summed E-state index contributed by atoms with van der Waals surface area (Å²) in [6, 6.07) is 0. The maximum Gasteiger partial charge on any atom is 0.211 e. The molecule has 0 spiro atoms. The van der Waals surface area contributed by atoms with Crippen LogP contribution in [0.4, 0.5) is 0 Å². The molecule has 0 aliphatic carbocycles. The summed E-state index contributed by atoms with van der Waals surface area (Å²) >= 11 is 0. The minimum absolute atomic E-state index is 0.243. The van der Waals surface area contributed by atoms with Crippen LogP contribution in [-0.4, -0.2) is 58.5 Å². The van der Waals surface area contributed by atoms with Gasteiger partial charge in [-0.3, -0.25) is 4.90 Å². The third-order valence-electron chi connectivity index (χ3n) is 2.62. The molecule has 0 unspecified atom stereocenters. The summed E-state index contributed by atoms with van der Waals surface area (Å²) < 4.78 is 30.8. The first kappa shape index (κ1) is 13.9. The Balaban J connectivity index is 2.13. The van der Waals surface area contributed by atoms with E-state index in [2.05, 4.69) is 9.62 Å². The number of rotatable bonds is 7. The van der Waals surface area contributed by atoms with E-state index in [1.165, 1.54) is 0 Å². The van der Waals surface area contributed by atoms with Crippen molar-refractivity contribution in [1.82, 2.24) is 9.62 Å². The molecule has 0 radical (unpaired) electrons. The first-order valence-electron chi connectivity index (χ1n) is 5.91. The summed E-state index contributed by atoms with van der Waals surface area (Å²) in [5.74, 6) is 0.243. The van der Waals surface area contributed by atoms with Gasteiger partial charge in [-0.05, 0) is 6.42 Å². The lowest BCUT2D eigenvalue weighted by Crippen LogP contribution is -2.41. The van der Waals surface area contributed by atoms with Crippen molar-refractivity contribution in [2.75, 3.05) is 45.1 Å². The van der Waals surface area contributed by atoms with Crippen molar-refractivity contribution in [3.8, 4) is 0 Å². The van der Waals surface area contributed by atoms with Gasteiger partial charge in [-0.1, -0.05) is 13.3 Å². The van der Waals surface area contributed by atoms with E-state index in [1.54, 1.807) is 0 Å². The number of nitrogens with one attached hydrogen (secondary N) is 1. The van der Waals surface area contributed by atoms with E-state index in [0.29, 0.717) is 6.54 Å². The second-order valence-electron chi connectivity index (χ2n) is 4.02. The van der Waals surface area contributed by atoms with E-state index >= 15 is 0 Å². The molecule has 96 valence electrons. The highest BCUT2D eigenvalue weighted by Crippen LogP contribution is 1.96. The topological polar surface area (TPSA) is 58.6 Å². The Kier molecular flexibility index (Phi) is 6.26. The number of hydrogen-bond acceptors (Lipinski definition) is 4. The normalized spacial score (nSPS) is 18.8. The van der Waals surface area contributed by atoms with Gasteiger partial charge >= 0.3 is 0 Å². The molecule has 0 aromatic rings. The van der Waals surface area contributed by atoms with Gasteiger partial charge in [0, 0.05) is 26.2 Å². The van der Waals surface area contributed by atoms with Gasteiger partial charge in [0.2, 0.25) is 10.0 Å². The fourth-order valence-corrected chi connectivity index (χ4v) is 2.81. The minimum atomic E-state index is -3.05. The summed E-state index contributed by atoms with van der Waals surface area (Å²) in [5, 5.41) is 0. The van der Waals surface area contributed by atoms with Crippen LogP contribution in [0.1, 0.15) is 19.8 Å². The van der Waals surface area contributed by atoms with Gasteiger partial charge in [-0.2, -0.15) is 0 Å². The van der Waals surface area contributed by atoms with Crippen molar-refractivity contribution in [1.29, 1.82) is 0 Å². The number of nitrogens with zero attached hydrogens (tertiary/aromatic N) is 1. The molecule has 0 aromatic carbocycles. The fourth-order valence-electron chi connectivity index (χ4n) is 1.59. The Hall–Kier alpha value is -0.170. The first-order valence-corrected chi connectivity index (χ1v) is 7.57. The molecular weight excluding hydrogens is 228 g/mol. The van der Waals surface area contributed by atoms with Crippen LogP contribution in [0, 0.1) is 0 Å². The SMILES string of the molecule is CCCCS(=O)(=O)NCCN1CCOCC1. The summed E-state index contributed by atoms with van der Waals surface area (Å²) in [7, 11) is -3.05. The lowest BCUT2D eigenvalue weighted by Gasteiger charge is -2.26. The Morgan fingerprint density at radius 3 is 2.62 bits per heavy atom. The van der Waals surface area contributed by atoms with E-state index in [-0.39, 0.29) is 5.75 Å². The predicted octanol–water partition coefficient (Wildman–Crippen LogP) is 0.0381. The largest absolute Gasteiger partial charge is 0.379 e. The van der Waals surface area contributed by atoms with Crippen LogP contribution >= 0.6 is 0 Å². The molecular formula is C10H22N2O3S. The van der Waals surface area contributed by atoms with Crippen molar-refractivity contribution in [3.05, 3.63) is 0 Å². The zero-order chi connectivity index (χ0) is 11.9. The highest BCUT2D eigenvalue weighted by Gasteiger charge is 2.12. The molecule has 1 aliphatic heterocycles. The van der Waals surface area contributed by atoms with Crippen LogP contribution < -0.4 is 4.72 Å². The van der Waals surface area contributed by atoms with Crippen molar-refractivity contribution in [3.63, 3.8) is 0 Å². The summed E-state index contributed by atoms with van der Waals surface area (Å²) in [6.45, 7) is 6.57. The zero-order valence-corrected chi connectivity index (χ0v) is 10.8. The van der Waals surface area contributed by atoms with Gasteiger partial charge in [0.25, 0.3) is 0 Å². The van der Waals surface area contributed by atoms with Crippen LogP contribution in [-0.2, 0) is 14.8 Å². The summed E-state index contributed by atoms with van der Waals surface area (Å²) in [5.41, 5.74) is 0. The van der Waals surface area contributed by atoms with Crippen LogP contribution in [0.15, 0.2) is 0 Å². The van der Waals surface area contributed by atoms with Crippen LogP contribution in [0.2, 0.25) is 0 Å². The van der Waals surface area contributed by atoms with Crippen molar-refractivity contribution in [2.45, 2.75) is 19.8 Å². The average molecular weight is 250 g/mol. The molecule has 1 fully saturated rings. The molecule has 1 saturated heterocycles. The predicted molar refractivity (Wildman–Crippen MR) is 64.0 cm³/mol. The molecule has 0 saturated carbocycles. The molecule has 1 aliphatic rings. The molecule has 1 heterocycles. The molecule has 0 amide bonds. The van der Waals surface area contributed by atoms with Gasteiger partial charge in [0.1, 0.15) is 0 Å². The van der Waals surface area contributed by atoms with Gasteiger partial charge in [-0.15, -0.1) is 0 Å². The summed E-state index contributed by atoms with van der Waals surface area (Å²) in [4.78, 5) is 2.21. The van der Waals surface area contributed by atoms with E-state index in [9.17, 15) is 8.42 Å². The Bertz CT molecular complexity index is 274. The molecule has 16 heavy (non-hydrogen) atoms. The number of morpholine rings is 1. The quantitative estimate of drug-likeness (QED) is 0.693. The summed E-state index contributed by atoms with van der Waals surface area (Å²) in [6.07, 6.45) is 1.64. The van der Waals surface area contributed by atoms with Crippen LogP contribution in [0.5, 0.6) is 0 Å².